The van der Waals surface area contributed by atoms with E-state index in [1.807, 2.05) is 0 Å². The van der Waals surface area contributed by atoms with E-state index in [1.165, 1.54) is 17.0 Å². The number of nitrogens with zero attached hydrogens (tertiary/aromatic N) is 4. The van der Waals surface area contributed by atoms with Gasteiger partial charge in [0.15, 0.2) is 0 Å². The van der Waals surface area contributed by atoms with Gasteiger partial charge in [-0.15, -0.1) is 5.10 Å². The third kappa shape index (κ3) is 3.70. The number of anilines is 1. The van der Waals surface area contributed by atoms with Crippen molar-refractivity contribution in [2.24, 2.45) is 0 Å². The van der Waals surface area contributed by atoms with Gasteiger partial charge in [-0.05, 0) is 26.0 Å². The Hall–Kier alpha value is -1.32. The summed E-state index contributed by atoms with van der Waals surface area (Å²) in [5.41, 5.74) is -0.101. The van der Waals surface area contributed by atoms with Crippen molar-refractivity contribution in [3.05, 3.63) is 33.0 Å². The van der Waals surface area contributed by atoms with Crippen molar-refractivity contribution in [1.82, 2.24) is 14.8 Å². The van der Waals surface area contributed by atoms with Gasteiger partial charge in [0.25, 0.3) is 0 Å². The molecule has 12 heteroatoms. The van der Waals surface area contributed by atoms with Crippen molar-refractivity contribution < 1.29 is 22.0 Å². The predicted octanol–water partition coefficient (Wildman–Crippen LogP) is 5.73. The molecule has 0 atom stereocenters. The summed E-state index contributed by atoms with van der Waals surface area (Å²) in [6.45, 7) is 3.90. The Kier molecular flexibility index (Phi) is 5.94. The molecule has 1 aromatic carbocycles. The molecule has 144 valence electrons. The molecule has 0 unspecified atom stereocenters. The van der Waals surface area contributed by atoms with Crippen LogP contribution in [-0.2, 0) is 5.92 Å². The van der Waals surface area contributed by atoms with E-state index >= 15 is 0 Å². The number of benzene rings is 1. The summed E-state index contributed by atoms with van der Waals surface area (Å²) in [7, 11) is 0. The zero-order chi connectivity index (χ0) is 19.9. The minimum atomic E-state index is -5.85. The van der Waals surface area contributed by atoms with Crippen molar-refractivity contribution in [2.75, 3.05) is 18.0 Å². The van der Waals surface area contributed by atoms with Gasteiger partial charge < -0.3 is 4.90 Å². The summed E-state index contributed by atoms with van der Waals surface area (Å²) >= 11 is 17.9. The number of hydrogen-bond acceptors (Lipinski definition) is 3. The zero-order valence-corrected chi connectivity index (χ0v) is 15.6. The van der Waals surface area contributed by atoms with Crippen LogP contribution in [0, 0.1) is 0 Å². The monoisotopic (exact) mass is 436 g/mol. The smallest absolute Gasteiger partial charge is 0.341 e. The Labute approximate surface area is 160 Å². The van der Waals surface area contributed by atoms with E-state index in [-0.39, 0.29) is 39.8 Å². The lowest BCUT2D eigenvalue weighted by Crippen LogP contribution is -2.35. The fraction of sp³-hybridized carbons (Fsp3) is 0.429. The summed E-state index contributed by atoms with van der Waals surface area (Å²) in [4.78, 5) is 4.86. The molecule has 26 heavy (non-hydrogen) atoms. The Morgan fingerprint density at radius 2 is 1.50 bits per heavy atom. The number of hydrogen-bond donors (Lipinski definition) is 0. The zero-order valence-electron chi connectivity index (χ0n) is 13.4. The predicted molar refractivity (Wildman–Crippen MR) is 89.9 cm³/mol. The van der Waals surface area contributed by atoms with Crippen molar-refractivity contribution in [3.8, 4) is 5.69 Å². The molecule has 0 radical (unpaired) electrons. The summed E-state index contributed by atoms with van der Waals surface area (Å²) in [5, 5.41) is 3.37. The van der Waals surface area contributed by atoms with E-state index in [0.29, 0.717) is 0 Å². The summed E-state index contributed by atoms with van der Waals surface area (Å²) in [6.07, 6.45) is -5.85. The molecule has 4 nitrogen and oxygen atoms in total. The van der Waals surface area contributed by atoms with Gasteiger partial charge in [0.1, 0.15) is 5.69 Å². The molecule has 0 spiro atoms. The van der Waals surface area contributed by atoms with Crippen LogP contribution in [0.5, 0.6) is 0 Å². The van der Waals surface area contributed by atoms with E-state index < -0.39 is 17.9 Å². The average molecular weight is 438 g/mol. The first-order valence-electron chi connectivity index (χ1n) is 7.25. The Morgan fingerprint density at radius 3 is 1.92 bits per heavy atom. The molecule has 0 aliphatic carbocycles. The number of alkyl halides is 5. The molecule has 0 saturated heterocycles. The average Bonchev–Trinajstić information content (AvgIpc) is 2.92. The van der Waals surface area contributed by atoms with Gasteiger partial charge >= 0.3 is 12.1 Å². The van der Waals surface area contributed by atoms with Crippen LogP contribution in [-0.4, -0.2) is 34.0 Å². The third-order valence-electron chi connectivity index (χ3n) is 3.47. The summed E-state index contributed by atoms with van der Waals surface area (Å²) < 4.78 is 66.4. The SMILES string of the molecule is CCN(CC)c1nc(C(F)(F)C(F)(F)F)nn1-c1c(Cl)cc(Cl)cc1Cl. The van der Waals surface area contributed by atoms with Gasteiger partial charge in [-0.3, -0.25) is 0 Å². The van der Waals surface area contributed by atoms with Gasteiger partial charge in [0.05, 0.1) is 10.0 Å². The molecule has 2 rings (SSSR count). The largest absolute Gasteiger partial charge is 0.461 e. The molecule has 2 aromatic rings. The molecule has 0 N–H and O–H groups in total. The highest BCUT2D eigenvalue weighted by molar-refractivity contribution is 6.40. The lowest BCUT2D eigenvalue weighted by Gasteiger charge is -2.20. The van der Waals surface area contributed by atoms with Crippen LogP contribution in [0.1, 0.15) is 19.7 Å². The second kappa shape index (κ2) is 7.36. The van der Waals surface area contributed by atoms with Crippen LogP contribution in [0.4, 0.5) is 27.9 Å². The second-order valence-corrected chi connectivity index (χ2v) is 6.36. The van der Waals surface area contributed by atoms with Gasteiger partial charge in [0, 0.05) is 18.1 Å². The molecule has 1 aromatic heterocycles. The standard InChI is InChI=1S/C14H12Cl3F5N4/c1-3-25(4-2)12-23-11(13(18,19)14(20,21)22)24-26(12)10-8(16)5-7(15)6-9(10)17/h5-6H,3-4H2,1-2H3. The van der Waals surface area contributed by atoms with Crippen LogP contribution < -0.4 is 4.90 Å². The normalized spacial score (nSPS) is 12.5. The first kappa shape index (κ1) is 21.0. The minimum absolute atomic E-state index is 0.0809. The van der Waals surface area contributed by atoms with E-state index in [0.717, 1.165) is 4.68 Å². The number of rotatable bonds is 5. The van der Waals surface area contributed by atoms with Gasteiger partial charge in [0.2, 0.25) is 11.8 Å². The van der Waals surface area contributed by atoms with E-state index in [4.69, 9.17) is 34.8 Å². The molecule has 0 bridgehead atoms. The minimum Gasteiger partial charge on any atom is -0.341 e. The van der Waals surface area contributed by atoms with Crippen molar-refractivity contribution >= 4 is 40.8 Å². The van der Waals surface area contributed by atoms with Gasteiger partial charge in [-0.1, -0.05) is 34.8 Å². The van der Waals surface area contributed by atoms with Crippen LogP contribution in [0.15, 0.2) is 12.1 Å². The highest BCUT2D eigenvalue weighted by Crippen LogP contribution is 2.44. The first-order valence-corrected chi connectivity index (χ1v) is 8.39. The highest BCUT2D eigenvalue weighted by atomic mass is 35.5. The van der Waals surface area contributed by atoms with Gasteiger partial charge in [-0.2, -0.15) is 31.6 Å². The van der Waals surface area contributed by atoms with Crippen LogP contribution in [0.2, 0.25) is 15.1 Å². The molecule has 0 aliphatic rings. The number of halogens is 8. The fourth-order valence-electron chi connectivity index (χ4n) is 2.16. The molecule has 0 fully saturated rings. The molecule has 0 saturated carbocycles. The van der Waals surface area contributed by atoms with E-state index in [1.54, 1.807) is 13.8 Å². The lowest BCUT2D eigenvalue weighted by molar-refractivity contribution is -0.292. The highest BCUT2D eigenvalue weighted by Gasteiger charge is 2.62. The van der Waals surface area contributed by atoms with Crippen LogP contribution in [0.3, 0.4) is 0 Å². The molecular formula is C14H12Cl3F5N4. The van der Waals surface area contributed by atoms with E-state index in [2.05, 4.69) is 10.1 Å². The molecule has 0 aliphatic heterocycles. The van der Waals surface area contributed by atoms with E-state index in [9.17, 15) is 22.0 Å². The maximum Gasteiger partial charge on any atom is 0.461 e. The fourth-order valence-corrected chi connectivity index (χ4v) is 3.14. The second-order valence-electron chi connectivity index (χ2n) is 5.11. The first-order chi connectivity index (χ1) is 11.9. The van der Waals surface area contributed by atoms with Crippen LogP contribution in [0.25, 0.3) is 5.69 Å². The maximum absolute atomic E-state index is 13.7. The topological polar surface area (TPSA) is 34.0 Å². The van der Waals surface area contributed by atoms with Crippen molar-refractivity contribution in [2.45, 2.75) is 25.9 Å². The Bertz CT molecular complexity index is 779. The molecule has 0 amide bonds. The summed E-state index contributed by atoms with van der Waals surface area (Å²) in [5.74, 6) is -7.19. The van der Waals surface area contributed by atoms with Crippen molar-refractivity contribution in [1.29, 1.82) is 0 Å². The third-order valence-corrected chi connectivity index (χ3v) is 4.26. The maximum atomic E-state index is 13.7. The van der Waals surface area contributed by atoms with Crippen LogP contribution >= 0.6 is 34.8 Å². The summed E-state index contributed by atoms with van der Waals surface area (Å²) in [6, 6.07) is 2.53. The molecule has 1 heterocycles. The molecular weight excluding hydrogens is 426 g/mol. The Balaban J connectivity index is 2.77. The van der Waals surface area contributed by atoms with Crippen molar-refractivity contribution in [3.63, 3.8) is 0 Å². The number of aromatic nitrogens is 3. The Morgan fingerprint density at radius 1 is 1.00 bits per heavy atom. The van der Waals surface area contributed by atoms with Gasteiger partial charge in [-0.25, -0.2) is 0 Å². The quantitative estimate of drug-likeness (QED) is 0.560. The lowest BCUT2D eigenvalue weighted by atomic mass is 10.3.